The van der Waals surface area contributed by atoms with Gasteiger partial charge < -0.3 is 39.6 Å². The lowest BCUT2D eigenvalue weighted by Gasteiger charge is -2.58. The number of allylic oxidation sites excluding steroid dienone is 1. The predicted molar refractivity (Wildman–Crippen MR) is 212 cm³/mol. The zero-order valence-corrected chi connectivity index (χ0v) is 35.1. The Hall–Kier alpha value is -1.94. The van der Waals surface area contributed by atoms with E-state index in [0.717, 1.165) is 37.8 Å². The van der Waals surface area contributed by atoms with Crippen molar-refractivity contribution in [1.82, 2.24) is 4.90 Å². The summed E-state index contributed by atoms with van der Waals surface area (Å²) in [6, 6.07) is 0.330. The fraction of sp³-hybridized carbons (Fsp3) is 0.810. The molecule has 5 heterocycles. The number of quaternary nitrogens is 2. The van der Waals surface area contributed by atoms with Gasteiger partial charge in [-0.05, 0) is 77.0 Å². The molecule has 7 N–H and O–H groups in total. The van der Waals surface area contributed by atoms with Crippen molar-refractivity contribution in [2.75, 3.05) is 32.5 Å². The van der Waals surface area contributed by atoms with Crippen molar-refractivity contribution in [1.29, 1.82) is 0 Å². The van der Waals surface area contributed by atoms with Crippen molar-refractivity contribution in [3.63, 3.8) is 0 Å². The minimum atomic E-state index is -0.998. The van der Waals surface area contributed by atoms with Crippen molar-refractivity contribution in [3.8, 4) is 0 Å². The second-order valence-corrected chi connectivity index (χ2v) is 21.2. The van der Waals surface area contributed by atoms with Gasteiger partial charge in [0.2, 0.25) is 5.91 Å². The van der Waals surface area contributed by atoms with Crippen LogP contribution in [-0.2, 0) is 33.4 Å². The molecule has 310 valence electrons. The van der Waals surface area contributed by atoms with Crippen molar-refractivity contribution in [3.05, 3.63) is 23.3 Å². The monoisotopic (exact) mass is 816 g/mol. The van der Waals surface area contributed by atoms with E-state index < -0.39 is 11.2 Å². The molecule has 2 saturated carbocycles. The molecule has 8 aliphatic rings. The molecule has 1 spiro atoms. The third-order valence-electron chi connectivity index (χ3n) is 15.7. The van der Waals surface area contributed by atoms with Gasteiger partial charge in [-0.3, -0.25) is 15.3 Å². The maximum atomic E-state index is 14.5. The Morgan fingerprint density at radius 3 is 2.73 bits per heavy atom. The average Bonchev–Trinajstić information content (AvgIpc) is 3.53. The molecule has 0 aromatic rings. The third-order valence-corrected chi connectivity index (χ3v) is 18.5. The summed E-state index contributed by atoms with van der Waals surface area (Å²) < 4.78 is 20.5. The van der Waals surface area contributed by atoms with Gasteiger partial charge in [0.25, 0.3) is 0 Å². The normalized spacial score (nSPS) is 46.3. The molecule has 16 atom stereocenters. The molecule has 12 nitrogen and oxygen atoms in total. The highest BCUT2D eigenvalue weighted by Crippen LogP contribution is 2.62. The lowest BCUT2D eigenvalue weighted by molar-refractivity contribution is -0.706. The Kier molecular flexibility index (Phi) is 11.8. The van der Waals surface area contributed by atoms with Crippen LogP contribution in [0.4, 0.5) is 0 Å². The Balaban J connectivity index is 1.17. The van der Waals surface area contributed by atoms with E-state index in [1.165, 1.54) is 5.57 Å². The largest absolute Gasteiger partial charge is 0.462 e. The Morgan fingerprint density at radius 1 is 1.16 bits per heavy atom. The number of piperidine rings is 1. The first-order chi connectivity index (χ1) is 26.9. The van der Waals surface area contributed by atoms with Crippen LogP contribution < -0.4 is 16.4 Å². The van der Waals surface area contributed by atoms with Gasteiger partial charge in [-0.15, -0.1) is 0 Å². The van der Waals surface area contributed by atoms with Crippen LogP contribution in [-0.4, -0.2) is 114 Å². The number of esters is 2. The molecule has 0 bridgehead atoms. The van der Waals surface area contributed by atoms with Crippen LogP contribution in [0.3, 0.4) is 0 Å². The summed E-state index contributed by atoms with van der Waals surface area (Å²) in [6.45, 7) is 7.20. The van der Waals surface area contributed by atoms with Crippen molar-refractivity contribution >= 4 is 45.7 Å². The zero-order valence-electron chi connectivity index (χ0n) is 33.5. The molecule has 8 rings (SSSR count). The molecule has 0 radical (unpaired) electrons. The summed E-state index contributed by atoms with van der Waals surface area (Å²) in [7, 11) is 5.74. The maximum Gasteiger partial charge on any atom is 0.334 e. The first-order valence-electron chi connectivity index (χ1n) is 21.4. The maximum absolute atomic E-state index is 14.5. The topological polar surface area (TPSA) is 179 Å². The van der Waals surface area contributed by atoms with Crippen LogP contribution in [0.25, 0.3) is 0 Å². The summed E-state index contributed by atoms with van der Waals surface area (Å²) >= 11 is 0. The number of ether oxygens (including phenoxy) is 3. The van der Waals surface area contributed by atoms with Crippen molar-refractivity contribution in [2.45, 2.75) is 132 Å². The van der Waals surface area contributed by atoms with Crippen molar-refractivity contribution in [2.24, 2.45) is 53.1 Å². The molecule has 1 amide bonds. The van der Waals surface area contributed by atoms with Gasteiger partial charge in [0.05, 0.1) is 43.5 Å². The fourth-order valence-electron chi connectivity index (χ4n) is 12.7. The second-order valence-electron chi connectivity index (χ2n) is 18.6. The molecule has 5 saturated heterocycles. The molecule has 16 unspecified atom stereocenters. The molecule has 3 aliphatic carbocycles. The summed E-state index contributed by atoms with van der Waals surface area (Å²) in [5, 5.41) is 14.0. The summed E-state index contributed by atoms with van der Waals surface area (Å²) in [5.41, 5.74) is 6.79. The molecule has 14 heteroatoms. The lowest BCUT2D eigenvalue weighted by atomic mass is 9.56. The van der Waals surface area contributed by atoms with Crippen LogP contribution in [0.5, 0.6) is 0 Å². The smallest absolute Gasteiger partial charge is 0.334 e. The van der Waals surface area contributed by atoms with E-state index in [1.54, 1.807) is 13.0 Å². The summed E-state index contributed by atoms with van der Waals surface area (Å²) in [6.07, 6.45) is 11.3. The van der Waals surface area contributed by atoms with E-state index in [-0.39, 0.29) is 102 Å². The SMILES string of the molecule is CC=C(C)C(=O)OC1(C)CC=C2CSSC3CC(C=O)C([NH2+]C)C4CN(C(=O)CC5C[NH2+]C(N)CC5C2C12CC1CC5CC(CCCO)C(=O)OC5CC1O2)C34. The molecule has 0 aromatic carbocycles. The van der Waals surface area contributed by atoms with Crippen LogP contribution in [0.15, 0.2) is 23.3 Å². The number of nitrogens with two attached hydrogens (primary N) is 3. The molecule has 7 fully saturated rings. The summed E-state index contributed by atoms with van der Waals surface area (Å²) in [5.74, 6) is 0.826. The third kappa shape index (κ3) is 7.02. The van der Waals surface area contributed by atoms with Gasteiger partial charge in [-0.25, -0.2) is 4.79 Å². The number of carbonyl (C=O) groups excluding carboxylic acids is 4. The van der Waals surface area contributed by atoms with Gasteiger partial charge >= 0.3 is 11.9 Å². The van der Waals surface area contributed by atoms with E-state index in [0.29, 0.717) is 63.0 Å². The second kappa shape index (κ2) is 16.3. The van der Waals surface area contributed by atoms with E-state index in [9.17, 15) is 24.3 Å². The highest BCUT2D eigenvalue weighted by molar-refractivity contribution is 8.77. The number of aldehydes is 1. The van der Waals surface area contributed by atoms with E-state index in [1.807, 2.05) is 28.5 Å². The van der Waals surface area contributed by atoms with Gasteiger partial charge in [-0.1, -0.05) is 39.3 Å². The van der Waals surface area contributed by atoms with Gasteiger partial charge in [-0.2, -0.15) is 0 Å². The fourth-order valence-corrected chi connectivity index (χ4v) is 15.9. The molecule has 5 aliphatic heterocycles. The van der Waals surface area contributed by atoms with E-state index in [2.05, 4.69) is 35.6 Å². The molecule has 0 aromatic heterocycles. The zero-order chi connectivity index (χ0) is 39.5. The van der Waals surface area contributed by atoms with Gasteiger partial charge in [0, 0.05) is 67.2 Å². The number of amides is 1. The van der Waals surface area contributed by atoms with E-state index >= 15 is 0 Å². The van der Waals surface area contributed by atoms with Crippen LogP contribution >= 0.6 is 21.6 Å². The Labute approximate surface area is 339 Å². The number of carbonyl (C=O) groups is 4. The highest BCUT2D eigenvalue weighted by Gasteiger charge is 2.68. The summed E-state index contributed by atoms with van der Waals surface area (Å²) in [4.78, 5) is 56.0. The number of rotatable bonds is 7. The number of nitrogens with zero attached hydrogens (tertiary/aromatic N) is 1. The molecular weight excluding hydrogens is 753 g/mol. The first kappa shape index (κ1) is 40.8. The van der Waals surface area contributed by atoms with Crippen molar-refractivity contribution < 1.29 is 49.1 Å². The number of hydrogen-bond acceptors (Lipinski definition) is 11. The molecular formula is C42H64N4O8S2+2. The van der Waals surface area contributed by atoms with Gasteiger partial charge in [0.15, 0.2) is 0 Å². The Morgan fingerprint density at radius 2 is 1.98 bits per heavy atom. The van der Waals surface area contributed by atoms with Crippen LogP contribution in [0.1, 0.15) is 85.0 Å². The minimum absolute atomic E-state index is 0.0230. The van der Waals surface area contributed by atoms with Gasteiger partial charge in [0.1, 0.15) is 35.8 Å². The number of aliphatic hydroxyl groups is 1. The first-order valence-corrected chi connectivity index (χ1v) is 23.8. The number of hydrogen-bond donors (Lipinski definition) is 4. The van der Waals surface area contributed by atoms with Crippen LogP contribution in [0, 0.1) is 47.3 Å². The number of aliphatic hydroxyl groups excluding tert-OH is 1. The lowest BCUT2D eigenvalue weighted by Crippen LogP contribution is -2.96. The quantitative estimate of drug-likeness (QED) is 0.0968. The predicted octanol–water partition coefficient (Wildman–Crippen LogP) is 1.70. The standard InChI is InChI=1S/C42H62N4O8S2/c1-5-22(2)39(50)54-41(3)9-8-24-21-55-56-33-13-28(20-48)37(44-4)30-19-46(38(30)33)35(49)14-27-18-45-34(43)15-29(27)36(24)42(41)17-26-12-25-11-23(7-6-10-47)40(51)52-31(25)16-32(26)53-42/h5,8,20,23,25-34,36-38,44-45,47H,6-7,9-19,21,43H2,1-4H3/p+2. The average molecular weight is 817 g/mol. The minimum Gasteiger partial charge on any atom is -0.462 e. The highest BCUT2D eigenvalue weighted by atomic mass is 33.1. The van der Waals surface area contributed by atoms with Crippen LogP contribution in [0.2, 0.25) is 0 Å². The van der Waals surface area contributed by atoms with E-state index in [4.69, 9.17) is 19.9 Å². The molecule has 56 heavy (non-hydrogen) atoms. The number of fused-ring (bicyclic) bond motifs is 6. The Bertz CT molecular complexity index is 1610.